The van der Waals surface area contributed by atoms with Crippen molar-refractivity contribution in [2.75, 3.05) is 44.7 Å². The number of hydrogen-bond acceptors (Lipinski definition) is 6. The lowest BCUT2D eigenvalue weighted by Gasteiger charge is -2.36. The first kappa shape index (κ1) is 26.2. The maximum atomic E-state index is 13.6. The van der Waals surface area contributed by atoms with Gasteiger partial charge in [0.05, 0.1) is 24.3 Å². The topological polar surface area (TPSA) is 111 Å². The number of hydrogen-bond donors (Lipinski definition) is 2. The number of aromatic nitrogens is 2. The van der Waals surface area contributed by atoms with E-state index in [1.54, 1.807) is 18.3 Å². The van der Waals surface area contributed by atoms with Crippen LogP contribution in [0.15, 0.2) is 54.9 Å². The van der Waals surface area contributed by atoms with Gasteiger partial charge in [0.25, 0.3) is 5.91 Å². The van der Waals surface area contributed by atoms with Crippen molar-refractivity contribution in [3.8, 4) is 22.9 Å². The number of primary amides is 1. The molecule has 0 spiro atoms. The predicted molar refractivity (Wildman–Crippen MR) is 149 cm³/mol. The molecular formula is C30H31FN6O2. The van der Waals surface area contributed by atoms with Gasteiger partial charge in [-0.05, 0) is 67.8 Å². The monoisotopic (exact) mass is 526 g/mol. The molecular weight excluding hydrogens is 495 g/mol. The fraction of sp³-hybridized carbons (Fsp3) is 0.300. The number of ether oxygens (including phenoxy) is 1. The second-order valence-electron chi connectivity index (χ2n) is 9.78. The first-order valence-electron chi connectivity index (χ1n) is 13.1. The third kappa shape index (κ3) is 5.71. The molecule has 1 aliphatic rings. The number of aryl methyl sites for hydroxylation is 1. The zero-order chi connectivity index (χ0) is 27.4. The van der Waals surface area contributed by atoms with Gasteiger partial charge in [0.1, 0.15) is 17.4 Å². The van der Waals surface area contributed by atoms with Gasteiger partial charge < -0.3 is 20.4 Å². The van der Waals surface area contributed by atoms with Crippen molar-refractivity contribution in [3.05, 3.63) is 77.4 Å². The van der Waals surface area contributed by atoms with E-state index in [9.17, 15) is 14.4 Å². The smallest absolute Gasteiger partial charge is 0.252 e. The van der Waals surface area contributed by atoms with Crippen molar-refractivity contribution in [2.45, 2.75) is 19.3 Å². The minimum Gasteiger partial charge on any atom is -0.496 e. The minimum absolute atomic E-state index is 0.339. The average molecular weight is 527 g/mol. The minimum atomic E-state index is -0.554. The summed E-state index contributed by atoms with van der Waals surface area (Å²) < 4.78 is 19.0. The number of benzene rings is 2. The lowest BCUT2D eigenvalue weighted by atomic mass is 10.0. The number of carbonyl (C=O) groups is 1. The molecule has 1 fully saturated rings. The van der Waals surface area contributed by atoms with Crippen molar-refractivity contribution in [1.82, 2.24) is 14.9 Å². The molecule has 2 aromatic heterocycles. The summed E-state index contributed by atoms with van der Waals surface area (Å²) in [6.45, 7) is 4.22. The van der Waals surface area contributed by atoms with E-state index in [1.807, 2.05) is 24.4 Å². The van der Waals surface area contributed by atoms with E-state index in [4.69, 9.17) is 10.5 Å². The predicted octanol–water partition coefficient (Wildman–Crippen LogP) is 4.49. The van der Waals surface area contributed by atoms with Crippen LogP contribution in [0.5, 0.6) is 5.75 Å². The number of H-pyrrole nitrogens is 1. The number of nitrogens with two attached hydrogens (primary N) is 1. The summed E-state index contributed by atoms with van der Waals surface area (Å²) in [6, 6.07) is 13.9. The van der Waals surface area contributed by atoms with E-state index in [0.29, 0.717) is 33.8 Å². The highest BCUT2D eigenvalue weighted by Crippen LogP contribution is 2.33. The van der Waals surface area contributed by atoms with E-state index in [2.05, 4.69) is 25.8 Å². The Morgan fingerprint density at radius 3 is 2.72 bits per heavy atom. The lowest BCUT2D eigenvalue weighted by Crippen LogP contribution is -2.47. The van der Waals surface area contributed by atoms with Gasteiger partial charge in [0.15, 0.2) is 0 Å². The van der Waals surface area contributed by atoms with Gasteiger partial charge in [-0.2, -0.15) is 5.26 Å². The summed E-state index contributed by atoms with van der Waals surface area (Å²) in [5.74, 6) is -0.0180. The lowest BCUT2D eigenvalue weighted by molar-refractivity contribution is 0.1000. The Labute approximate surface area is 226 Å². The molecule has 0 atom stereocenters. The molecule has 0 saturated carbocycles. The molecule has 1 aliphatic heterocycles. The molecule has 3 heterocycles. The van der Waals surface area contributed by atoms with Gasteiger partial charge in [0, 0.05) is 66.7 Å². The van der Waals surface area contributed by atoms with Gasteiger partial charge in [-0.3, -0.25) is 9.69 Å². The molecule has 2 aromatic carbocycles. The van der Waals surface area contributed by atoms with Crippen LogP contribution < -0.4 is 15.4 Å². The first-order valence-corrected chi connectivity index (χ1v) is 13.1. The number of fused-ring (bicyclic) bond motifs is 1. The van der Waals surface area contributed by atoms with Crippen molar-refractivity contribution < 1.29 is 13.9 Å². The number of rotatable bonds is 9. The van der Waals surface area contributed by atoms with Crippen LogP contribution in [0.3, 0.4) is 0 Å². The fourth-order valence-corrected chi connectivity index (χ4v) is 5.23. The number of nitriles is 1. The second kappa shape index (κ2) is 11.5. The Morgan fingerprint density at radius 1 is 1.15 bits per heavy atom. The maximum Gasteiger partial charge on any atom is 0.252 e. The van der Waals surface area contributed by atoms with Crippen molar-refractivity contribution >= 4 is 22.6 Å². The quantitative estimate of drug-likeness (QED) is 0.311. The Bertz CT molecular complexity index is 1530. The molecule has 39 heavy (non-hydrogen) atoms. The molecule has 3 N–H and O–H groups in total. The normalized spacial score (nSPS) is 13.9. The van der Waals surface area contributed by atoms with Gasteiger partial charge in [0.2, 0.25) is 0 Å². The van der Waals surface area contributed by atoms with E-state index in [1.165, 1.54) is 24.8 Å². The van der Waals surface area contributed by atoms with Crippen LogP contribution in [0.1, 0.15) is 34.3 Å². The zero-order valence-corrected chi connectivity index (χ0v) is 21.9. The van der Waals surface area contributed by atoms with Crippen molar-refractivity contribution in [1.29, 1.82) is 5.26 Å². The highest BCUT2D eigenvalue weighted by Gasteiger charge is 2.23. The molecule has 0 radical (unpaired) electrons. The molecule has 1 saturated heterocycles. The summed E-state index contributed by atoms with van der Waals surface area (Å²) in [7, 11) is 1.47. The SMILES string of the molecule is COc1cc(F)ccc1-c1cnc(N2CCN(CCCCc3c[nH]c4ccc(C#N)cc34)CC2)c(C(N)=O)c1. The van der Waals surface area contributed by atoms with Crippen LogP contribution in [-0.2, 0) is 6.42 Å². The van der Waals surface area contributed by atoms with Crippen LogP contribution >= 0.6 is 0 Å². The maximum absolute atomic E-state index is 13.6. The van der Waals surface area contributed by atoms with Crippen LogP contribution in [0, 0.1) is 17.1 Å². The molecule has 200 valence electrons. The number of halogens is 1. The highest BCUT2D eigenvalue weighted by atomic mass is 19.1. The summed E-state index contributed by atoms with van der Waals surface area (Å²) in [5.41, 5.74) is 10.4. The number of aromatic amines is 1. The summed E-state index contributed by atoms with van der Waals surface area (Å²) >= 11 is 0. The summed E-state index contributed by atoms with van der Waals surface area (Å²) in [4.78, 5) is 24.8. The molecule has 0 aliphatic carbocycles. The number of carbonyl (C=O) groups excluding carboxylic acids is 1. The van der Waals surface area contributed by atoms with Gasteiger partial charge in [-0.15, -0.1) is 0 Å². The number of unbranched alkanes of at least 4 members (excludes halogenated alkanes) is 1. The molecule has 8 nitrogen and oxygen atoms in total. The Balaban J connectivity index is 1.17. The number of nitrogens with zero attached hydrogens (tertiary/aromatic N) is 4. The number of nitrogens with one attached hydrogen (secondary N) is 1. The summed E-state index contributed by atoms with van der Waals surface area (Å²) in [6.07, 6.45) is 6.82. The molecule has 1 amide bonds. The fourth-order valence-electron chi connectivity index (χ4n) is 5.23. The number of methoxy groups -OCH3 is 1. The Morgan fingerprint density at radius 2 is 1.97 bits per heavy atom. The van der Waals surface area contributed by atoms with E-state index >= 15 is 0 Å². The molecule has 0 unspecified atom stereocenters. The molecule has 4 aromatic rings. The van der Waals surface area contributed by atoms with Gasteiger partial charge in [-0.25, -0.2) is 9.37 Å². The summed E-state index contributed by atoms with van der Waals surface area (Å²) in [5, 5.41) is 10.3. The third-order valence-electron chi connectivity index (χ3n) is 7.35. The zero-order valence-electron chi connectivity index (χ0n) is 21.9. The second-order valence-corrected chi connectivity index (χ2v) is 9.78. The third-order valence-corrected chi connectivity index (χ3v) is 7.35. The Kier molecular flexibility index (Phi) is 7.75. The van der Waals surface area contributed by atoms with Crippen molar-refractivity contribution in [3.63, 3.8) is 0 Å². The van der Waals surface area contributed by atoms with Crippen LogP contribution in [0.2, 0.25) is 0 Å². The molecule has 9 heteroatoms. The standard InChI is InChI=1S/C30H31FN6O2/c1-39-28-16-23(31)6-7-24(28)22-15-26(29(33)38)30(35-19-22)37-12-10-36(11-13-37)9-3-2-4-21-18-34-27-8-5-20(17-32)14-25(21)27/h5-8,14-16,18-19,34H,2-4,9-13H2,1H3,(H2,33,38). The van der Waals surface area contributed by atoms with Crippen LogP contribution in [0.25, 0.3) is 22.0 Å². The number of pyridine rings is 1. The van der Waals surface area contributed by atoms with E-state index < -0.39 is 11.7 Å². The van der Waals surface area contributed by atoms with E-state index in [-0.39, 0.29) is 0 Å². The number of anilines is 1. The van der Waals surface area contributed by atoms with Crippen LogP contribution in [0.4, 0.5) is 10.2 Å². The number of piperazine rings is 1. The molecule has 0 bridgehead atoms. The Hall–Kier alpha value is -4.42. The van der Waals surface area contributed by atoms with Crippen molar-refractivity contribution in [2.24, 2.45) is 5.73 Å². The first-order chi connectivity index (χ1) is 19.0. The van der Waals surface area contributed by atoms with Gasteiger partial charge in [-0.1, -0.05) is 0 Å². The molecule has 5 rings (SSSR count). The highest BCUT2D eigenvalue weighted by molar-refractivity contribution is 5.99. The van der Waals surface area contributed by atoms with E-state index in [0.717, 1.165) is 62.9 Å². The average Bonchev–Trinajstić information content (AvgIpc) is 3.37. The van der Waals surface area contributed by atoms with Gasteiger partial charge >= 0.3 is 0 Å². The number of amides is 1. The largest absolute Gasteiger partial charge is 0.496 e. The van der Waals surface area contributed by atoms with Crippen LogP contribution in [-0.4, -0.2) is 60.6 Å².